The van der Waals surface area contributed by atoms with E-state index in [9.17, 15) is 9.90 Å². The Morgan fingerprint density at radius 3 is 2.47 bits per heavy atom. The van der Waals surface area contributed by atoms with E-state index in [-0.39, 0.29) is 30.0 Å². The van der Waals surface area contributed by atoms with Crippen LogP contribution in [-0.2, 0) is 4.79 Å². The molecule has 2 saturated carbocycles. The molecule has 17 heavy (non-hydrogen) atoms. The average molecular weight is 240 g/mol. The highest BCUT2D eigenvalue weighted by atomic mass is 16.3. The van der Waals surface area contributed by atoms with Crippen LogP contribution in [0.25, 0.3) is 0 Å². The Hall–Kier alpha value is -0.610. The minimum absolute atomic E-state index is 0.147. The van der Waals surface area contributed by atoms with Crippen LogP contribution in [0.5, 0.6) is 0 Å². The SMILES string of the molecule is NC1CCC(C(=O)NC2CCCC(O)C2)CC1. The van der Waals surface area contributed by atoms with E-state index in [2.05, 4.69) is 5.32 Å². The normalized spacial score (nSPS) is 38.7. The molecule has 4 nitrogen and oxygen atoms in total. The molecule has 1 amide bonds. The number of rotatable bonds is 2. The summed E-state index contributed by atoms with van der Waals surface area (Å²) in [4.78, 5) is 12.0. The second kappa shape index (κ2) is 5.83. The Labute approximate surface area is 103 Å². The number of hydrogen-bond acceptors (Lipinski definition) is 3. The molecule has 0 radical (unpaired) electrons. The summed E-state index contributed by atoms with van der Waals surface area (Å²) in [5.74, 6) is 0.324. The Morgan fingerprint density at radius 2 is 1.82 bits per heavy atom. The van der Waals surface area contributed by atoms with Crippen molar-refractivity contribution < 1.29 is 9.90 Å². The highest BCUT2D eigenvalue weighted by molar-refractivity contribution is 5.79. The van der Waals surface area contributed by atoms with Crippen molar-refractivity contribution in [3.8, 4) is 0 Å². The maximum absolute atomic E-state index is 12.0. The molecule has 98 valence electrons. The predicted molar refractivity (Wildman–Crippen MR) is 66.3 cm³/mol. The zero-order valence-electron chi connectivity index (χ0n) is 10.4. The summed E-state index contributed by atoms with van der Waals surface area (Å²) in [6.45, 7) is 0. The van der Waals surface area contributed by atoms with Gasteiger partial charge in [0.15, 0.2) is 0 Å². The molecular weight excluding hydrogens is 216 g/mol. The number of hydrogen-bond donors (Lipinski definition) is 3. The van der Waals surface area contributed by atoms with Crippen LogP contribution in [0, 0.1) is 5.92 Å². The van der Waals surface area contributed by atoms with Gasteiger partial charge in [0.05, 0.1) is 6.10 Å². The van der Waals surface area contributed by atoms with Crippen molar-refractivity contribution in [1.82, 2.24) is 5.32 Å². The van der Waals surface area contributed by atoms with Crippen molar-refractivity contribution in [2.45, 2.75) is 69.6 Å². The number of carbonyl (C=O) groups excluding carboxylic acids is 1. The first-order chi connectivity index (χ1) is 8.15. The second-order valence-corrected chi connectivity index (χ2v) is 5.64. The molecule has 0 bridgehead atoms. The van der Waals surface area contributed by atoms with Gasteiger partial charge in [0.25, 0.3) is 0 Å². The van der Waals surface area contributed by atoms with Gasteiger partial charge in [0.2, 0.25) is 5.91 Å². The van der Waals surface area contributed by atoms with Gasteiger partial charge >= 0.3 is 0 Å². The third-order valence-corrected chi connectivity index (χ3v) is 4.14. The summed E-state index contributed by atoms with van der Waals surface area (Å²) in [5, 5.41) is 12.7. The van der Waals surface area contributed by atoms with Crippen LogP contribution >= 0.6 is 0 Å². The van der Waals surface area contributed by atoms with Crippen molar-refractivity contribution in [3.05, 3.63) is 0 Å². The molecule has 2 rings (SSSR count). The maximum atomic E-state index is 12.0. The highest BCUT2D eigenvalue weighted by Crippen LogP contribution is 2.24. The largest absolute Gasteiger partial charge is 0.393 e. The van der Waals surface area contributed by atoms with Gasteiger partial charge in [0.1, 0.15) is 0 Å². The smallest absolute Gasteiger partial charge is 0.223 e. The number of aliphatic hydroxyl groups excluding tert-OH is 1. The molecule has 0 saturated heterocycles. The second-order valence-electron chi connectivity index (χ2n) is 5.64. The Morgan fingerprint density at radius 1 is 1.12 bits per heavy atom. The minimum atomic E-state index is -0.228. The van der Waals surface area contributed by atoms with Crippen LogP contribution in [0.1, 0.15) is 51.4 Å². The standard InChI is InChI=1S/C13H24N2O2/c14-10-6-4-9(5-7-10)13(17)15-11-2-1-3-12(16)8-11/h9-12,16H,1-8,14H2,(H,15,17). The molecule has 2 unspecified atom stereocenters. The Balaban J connectivity index is 1.76. The lowest BCUT2D eigenvalue weighted by molar-refractivity contribution is -0.127. The summed E-state index contributed by atoms with van der Waals surface area (Å²) in [6.07, 6.45) is 7.16. The lowest BCUT2D eigenvalue weighted by atomic mass is 9.85. The van der Waals surface area contributed by atoms with Crippen molar-refractivity contribution >= 4 is 5.91 Å². The predicted octanol–water partition coefficient (Wildman–Crippen LogP) is 0.924. The fraction of sp³-hybridized carbons (Fsp3) is 0.923. The van der Waals surface area contributed by atoms with Gasteiger partial charge in [-0.15, -0.1) is 0 Å². The van der Waals surface area contributed by atoms with E-state index in [1.165, 1.54) is 0 Å². The van der Waals surface area contributed by atoms with Gasteiger partial charge < -0.3 is 16.2 Å². The Bertz CT molecular complexity index is 262. The number of aliphatic hydroxyl groups is 1. The van der Waals surface area contributed by atoms with Crippen molar-refractivity contribution in [2.24, 2.45) is 11.7 Å². The fourth-order valence-corrected chi connectivity index (χ4v) is 3.00. The monoisotopic (exact) mass is 240 g/mol. The van der Waals surface area contributed by atoms with Crippen LogP contribution in [0.2, 0.25) is 0 Å². The van der Waals surface area contributed by atoms with Crippen LogP contribution in [0.4, 0.5) is 0 Å². The average Bonchev–Trinajstić information content (AvgIpc) is 2.29. The van der Waals surface area contributed by atoms with Gasteiger partial charge in [0, 0.05) is 18.0 Å². The van der Waals surface area contributed by atoms with Gasteiger partial charge in [-0.05, 0) is 51.4 Å². The molecule has 2 fully saturated rings. The third-order valence-electron chi connectivity index (χ3n) is 4.14. The molecule has 0 aromatic rings. The van der Waals surface area contributed by atoms with E-state index in [1.54, 1.807) is 0 Å². The van der Waals surface area contributed by atoms with E-state index in [4.69, 9.17) is 5.73 Å². The van der Waals surface area contributed by atoms with E-state index in [0.717, 1.165) is 51.4 Å². The lowest BCUT2D eigenvalue weighted by Gasteiger charge is -2.30. The molecule has 0 aliphatic heterocycles. The number of nitrogens with one attached hydrogen (secondary N) is 1. The molecule has 0 heterocycles. The third kappa shape index (κ3) is 3.68. The molecule has 2 aliphatic carbocycles. The first kappa shape index (κ1) is 12.8. The number of nitrogens with two attached hydrogens (primary N) is 1. The summed E-state index contributed by atoms with van der Waals surface area (Å²) in [6, 6.07) is 0.470. The van der Waals surface area contributed by atoms with E-state index >= 15 is 0 Å². The van der Waals surface area contributed by atoms with Crippen LogP contribution in [0.3, 0.4) is 0 Å². The highest BCUT2D eigenvalue weighted by Gasteiger charge is 2.27. The topological polar surface area (TPSA) is 75.4 Å². The minimum Gasteiger partial charge on any atom is -0.393 e. The quantitative estimate of drug-likeness (QED) is 0.672. The zero-order valence-corrected chi connectivity index (χ0v) is 10.4. The van der Waals surface area contributed by atoms with E-state index in [1.807, 2.05) is 0 Å². The van der Waals surface area contributed by atoms with Crippen LogP contribution in [0.15, 0.2) is 0 Å². The summed E-state index contributed by atoms with van der Waals surface area (Å²) in [7, 11) is 0. The van der Waals surface area contributed by atoms with Crippen LogP contribution in [-0.4, -0.2) is 29.2 Å². The lowest BCUT2D eigenvalue weighted by Crippen LogP contribution is -2.44. The van der Waals surface area contributed by atoms with Gasteiger partial charge in [-0.1, -0.05) is 0 Å². The van der Waals surface area contributed by atoms with Crippen molar-refractivity contribution in [2.75, 3.05) is 0 Å². The van der Waals surface area contributed by atoms with E-state index in [0.29, 0.717) is 0 Å². The van der Waals surface area contributed by atoms with Crippen molar-refractivity contribution in [1.29, 1.82) is 0 Å². The molecule has 0 aromatic heterocycles. The first-order valence-corrected chi connectivity index (χ1v) is 6.89. The summed E-state index contributed by atoms with van der Waals surface area (Å²) < 4.78 is 0. The van der Waals surface area contributed by atoms with Gasteiger partial charge in [-0.2, -0.15) is 0 Å². The number of amides is 1. The molecule has 4 N–H and O–H groups in total. The molecule has 0 aromatic carbocycles. The van der Waals surface area contributed by atoms with Crippen LogP contribution < -0.4 is 11.1 Å². The summed E-state index contributed by atoms with van der Waals surface area (Å²) >= 11 is 0. The summed E-state index contributed by atoms with van der Waals surface area (Å²) in [5.41, 5.74) is 5.83. The molecule has 2 aliphatic rings. The maximum Gasteiger partial charge on any atom is 0.223 e. The molecular formula is C13H24N2O2. The first-order valence-electron chi connectivity index (χ1n) is 6.89. The molecule has 2 atom stereocenters. The van der Waals surface area contributed by atoms with E-state index < -0.39 is 0 Å². The number of carbonyl (C=O) groups is 1. The van der Waals surface area contributed by atoms with Crippen molar-refractivity contribution in [3.63, 3.8) is 0 Å². The Kier molecular flexibility index (Phi) is 4.40. The van der Waals surface area contributed by atoms with Gasteiger partial charge in [-0.25, -0.2) is 0 Å². The molecule has 0 spiro atoms. The molecule has 4 heteroatoms. The van der Waals surface area contributed by atoms with Gasteiger partial charge in [-0.3, -0.25) is 4.79 Å². The zero-order chi connectivity index (χ0) is 12.3. The fourth-order valence-electron chi connectivity index (χ4n) is 3.00.